The van der Waals surface area contributed by atoms with Crippen molar-refractivity contribution in [2.75, 3.05) is 4.90 Å². The third-order valence-corrected chi connectivity index (χ3v) is 7.34. The van der Waals surface area contributed by atoms with Gasteiger partial charge in [0.1, 0.15) is 6.04 Å². The van der Waals surface area contributed by atoms with Crippen LogP contribution in [0.15, 0.2) is 47.9 Å². The zero-order valence-corrected chi connectivity index (χ0v) is 18.3. The molecule has 2 aromatic rings. The van der Waals surface area contributed by atoms with Crippen molar-refractivity contribution in [2.45, 2.75) is 45.3 Å². The monoisotopic (exact) mass is 420 g/mol. The number of amides is 2. The summed E-state index contributed by atoms with van der Waals surface area (Å²) in [6.45, 7) is 7.64. The minimum atomic E-state index is -0.687. The minimum absolute atomic E-state index is 0.0813. The topological polar surface area (TPSA) is 57.7 Å². The molecule has 0 N–H and O–H groups in total. The number of hydrogen-bond donors (Lipinski definition) is 0. The van der Waals surface area contributed by atoms with E-state index in [4.69, 9.17) is 0 Å². The minimum Gasteiger partial charge on any atom is -0.352 e. The molecule has 0 spiro atoms. The highest BCUT2D eigenvalue weighted by Gasteiger charge is 2.65. The van der Waals surface area contributed by atoms with Gasteiger partial charge >= 0.3 is 0 Å². The quantitative estimate of drug-likeness (QED) is 0.544. The highest BCUT2D eigenvalue weighted by molar-refractivity contribution is 7.12. The van der Waals surface area contributed by atoms with Crippen LogP contribution in [0.4, 0.5) is 5.69 Å². The predicted molar refractivity (Wildman–Crippen MR) is 117 cm³/mol. The summed E-state index contributed by atoms with van der Waals surface area (Å²) >= 11 is 1.38. The molecule has 2 fully saturated rings. The number of nitrogens with zero attached hydrogens (tertiary/aromatic N) is 2. The maximum Gasteiger partial charge on any atom is 0.236 e. The molecule has 0 bridgehead atoms. The van der Waals surface area contributed by atoms with E-state index in [1.165, 1.54) is 16.2 Å². The van der Waals surface area contributed by atoms with Gasteiger partial charge in [0.15, 0.2) is 5.78 Å². The van der Waals surface area contributed by atoms with Crippen LogP contribution in [0.2, 0.25) is 0 Å². The first-order valence-electron chi connectivity index (χ1n) is 10.2. The number of carbonyl (C=O) groups is 3. The van der Waals surface area contributed by atoms with Crippen LogP contribution in [0.1, 0.15) is 42.9 Å². The summed E-state index contributed by atoms with van der Waals surface area (Å²) in [7, 11) is 0. The zero-order valence-electron chi connectivity index (χ0n) is 17.5. The van der Waals surface area contributed by atoms with E-state index < -0.39 is 23.4 Å². The van der Waals surface area contributed by atoms with Crippen LogP contribution in [0.3, 0.4) is 0 Å². The van der Waals surface area contributed by atoms with E-state index in [2.05, 4.69) is 6.08 Å². The van der Waals surface area contributed by atoms with E-state index in [0.717, 1.165) is 16.8 Å². The molecule has 3 aliphatic heterocycles. The number of Topliss-reactive ketones (excluding diaryl/α,β-unsaturated/α-hetero) is 1. The van der Waals surface area contributed by atoms with Gasteiger partial charge in [-0.15, -0.1) is 11.3 Å². The van der Waals surface area contributed by atoms with Crippen LogP contribution in [0, 0.1) is 11.8 Å². The second-order valence-electron chi connectivity index (χ2n) is 9.29. The van der Waals surface area contributed by atoms with Crippen molar-refractivity contribution >= 4 is 40.2 Å². The molecular formula is C24H24N2O3S. The molecular weight excluding hydrogens is 396 g/mol. The van der Waals surface area contributed by atoms with Crippen LogP contribution >= 0.6 is 11.3 Å². The number of benzene rings is 1. The average Bonchev–Trinajstić information content (AvgIpc) is 3.38. The maximum absolute atomic E-state index is 13.7. The number of fused-ring (bicyclic) bond motifs is 5. The van der Waals surface area contributed by atoms with E-state index in [1.54, 1.807) is 6.07 Å². The summed E-state index contributed by atoms with van der Waals surface area (Å²) in [5, 5.41) is 1.87. The largest absolute Gasteiger partial charge is 0.352 e. The first-order valence-corrected chi connectivity index (χ1v) is 11.1. The van der Waals surface area contributed by atoms with E-state index in [9.17, 15) is 14.4 Å². The molecule has 0 radical (unpaired) electrons. The molecule has 4 heterocycles. The lowest BCUT2D eigenvalue weighted by Gasteiger charge is -2.39. The number of hydrogen-bond acceptors (Lipinski definition) is 5. The molecule has 0 aliphatic carbocycles. The lowest BCUT2D eigenvalue weighted by atomic mass is 9.86. The number of ketones is 1. The molecule has 5 rings (SSSR count). The van der Waals surface area contributed by atoms with E-state index in [1.807, 2.05) is 68.3 Å². The Balaban J connectivity index is 1.71. The highest BCUT2D eigenvalue weighted by Crippen LogP contribution is 2.51. The third kappa shape index (κ3) is 2.49. The summed E-state index contributed by atoms with van der Waals surface area (Å²) in [6, 6.07) is 10.6. The molecule has 3 aliphatic rings. The predicted octanol–water partition coefficient (Wildman–Crippen LogP) is 4.00. The SMILES string of the molecule is CC1=C[C@H]2[C@H]3C(=O)N(C(C)(C)C)C(=O)[C@@H]3[C@H](C(=O)c3cccs3)N2c2ccccc21. The van der Waals surface area contributed by atoms with Crippen molar-refractivity contribution in [3.05, 3.63) is 58.3 Å². The van der Waals surface area contributed by atoms with Crippen molar-refractivity contribution < 1.29 is 14.4 Å². The number of anilines is 1. The van der Waals surface area contributed by atoms with E-state index >= 15 is 0 Å². The molecule has 154 valence electrons. The van der Waals surface area contributed by atoms with Gasteiger partial charge in [0.05, 0.1) is 22.8 Å². The Morgan fingerprint density at radius 1 is 1.00 bits per heavy atom. The standard InChI is InChI=1S/C24H24N2O3S/c1-13-12-16-18-19(23(29)26(22(18)28)24(2,3)4)20(21(27)17-10-7-11-30-17)25(16)15-9-6-5-8-14(13)15/h5-12,16,18-20H,1-4H3/t16-,18+,19-,20+/m0/s1. The number of rotatable bonds is 2. The Bertz CT molecular complexity index is 1100. The molecule has 6 heteroatoms. The van der Waals surface area contributed by atoms with Gasteiger partial charge in [0, 0.05) is 16.8 Å². The normalized spacial score (nSPS) is 27.7. The van der Waals surface area contributed by atoms with Crippen LogP contribution in [0.25, 0.3) is 5.57 Å². The molecule has 1 aromatic carbocycles. The Morgan fingerprint density at radius 2 is 1.70 bits per heavy atom. The number of allylic oxidation sites excluding steroid dienone is 1. The van der Waals surface area contributed by atoms with Crippen LogP contribution in [-0.4, -0.2) is 40.1 Å². The summed E-state index contributed by atoms with van der Waals surface area (Å²) in [5.41, 5.74) is 2.43. The first kappa shape index (κ1) is 19.2. The van der Waals surface area contributed by atoms with Crippen molar-refractivity contribution in [3.8, 4) is 0 Å². The van der Waals surface area contributed by atoms with Crippen LogP contribution in [0.5, 0.6) is 0 Å². The Labute approximate surface area is 180 Å². The van der Waals surface area contributed by atoms with Crippen molar-refractivity contribution in [3.63, 3.8) is 0 Å². The fraction of sp³-hybridized carbons (Fsp3) is 0.375. The Morgan fingerprint density at radius 3 is 2.37 bits per heavy atom. The van der Waals surface area contributed by atoms with Crippen molar-refractivity contribution in [1.29, 1.82) is 0 Å². The lowest BCUT2D eigenvalue weighted by molar-refractivity contribution is -0.145. The molecule has 1 aromatic heterocycles. The summed E-state index contributed by atoms with van der Waals surface area (Å²) in [5.74, 6) is -1.70. The molecule has 30 heavy (non-hydrogen) atoms. The Hall–Kier alpha value is -2.73. The maximum atomic E-state index is 13.7. The summed E-state index contributed by atoms with van der Waals surface area (Å²) in [4.78, 5) is 44.8. The summed E-state index contributed by atoms with van der Waals surface area (Å²) in [6.07, 6.45) is 2.07. The van der Waals surface area contributed by atoms with Crippen LogP contribution < -0.4 is 4.90 Å². The van der Waals surface area contributed by atoms with Gasteiger partial charge < -0.3 is 4.90 Å². The first-order chi connectivity index (χ1) is 14.2. The second kappa shape index (κ2) is 6.38. The molecule has 0 saturated carbocycles. The van der Waals surface area contributed by atoms with Gasteiger partial charge in [-0.1, -0.05) is 30.3 Å². The number of likely N-dealkylation sites (tertiary alicyclic amines) is 1. The fourth-order valence-corrected chi connectivity index (χ4v) is 6.02. The third-order valence-electron chi connectivity index (χ3n) is 6.46. The fourth-order valence-electron chi connectivity index (χ4n) is 5.32. The average molecular weight is 421 g/mol. The van der Waals surface area contributed by atoms with E-state index in [0.29, 0.717) is 4.88 Å². The van der Waals surface area contributed by atoms with Crippen molar-refractivity contribution in [2.24, 2.45) is 11.8 Å². The highest BCUT2D eigenvalue weighted by atomic mass is 32.1. The van der Waals surface area contributed by atoms with Crippen molar-refractivity contribution in [1.82, 2.24) is 4.90 Å². The Kier molecular flexibility index (Phi) is 4.09. The number of para-hydroxylation sites is 1. The van der Waals surface area contributed by atoms with Gasteiger partial charge in [-0.05, 0) is 50.8 Å². The van der Waals surface area contributed by atoms with Gasteiger partial charge in [0.25, 0.3) is 0 Å². The smallest absolute Gasteiger partial charge is 0.236 e. The lowest BCUT2D eigenvalue weighted by Crippen LogP contribution is -2.52. The second-order valence-corrected chi connectivity index (χ2v) is 10.2. The number of imide groups is 1. The van der Waals surface area contributed by atoms with Crippen LogP contribution in [-0.2, 0) is 9.59 Å². The molecule has 0 unspecified atom stereocenters. The van der Waals surface area contributed by atoms with Gasteiger partial charge in [-0.2, -0.15) is 0 Å². The number of thiophene rings is 1. The van der Waals surface area contributed by atoms with Gasteiger partial charge in [-0.3, -0.25) is 19.3 Å². The number of carbonyl (C=O) groups excluding carboxylic acids is 3. The van der Waals surface area contributed by atoms with Gasteiger partial charge in [-0.25, -0.2) is 0 Å². The zero-order chi connectivity index (χ0) is 21.4. The summed E-state index contributed by atoms with van der Waals surface area (Å²) < 4.78 is 0. The molecule has 5 nitrogen and oxygen atoms in total. The van der Waals surface area contributed by atoms with Gasteiger partial charge in [0.2, 0.25) is 11.8 Å². The molecule has 4 atom stereocenters. The van der Waals surface area contributed by atoms with E-state index in [-0.39, 0.29) is 23.6 Å². The molecule has 2 saturated heterocycles. The molecule has 2 amide bonds.